The van der Waals surface area contributed by atoms with E-state index in [1.807, 2.05) is 6.92 Å². The highest BCUT2D eigenvalue weighted by Gasteiger charge is 1.85. The molecule has 12 heavy (non-hydrogen) atoms. The van der Waals surface area contributed by atoms with E-state index in [1.54, 1.807) is 6.08 Å². The van der Waals surface area contributed by atoms with Gasteiger partial charge >= 0.3 is 5.97 Å². The van der Waals surface area contributed by atoms with Gasteiger partial charge in [0.1, 0.15) is 0 Å². The highest BCUT2D eigenvalue weighted by atomic mass is 16.4. The van der Waals surface area contributed by atoms with E-state index < -0.39 is 5.97 Å². The average molecular weight is 166 g/mol. The maximum Gasteiger partial charge on any atom is 0.327 e. The number of allylic oxidation sites excluding steroid dienone is 1. The fraction of sp³-hybridized carbons (Fsp3) is 0.500. The molecule has 0 spiro atoms. The van der Waals surface area contributed by atoms with Gasteiger partial charge in [0.05, 0.1) is 0 Å². The van der Waals surface area contributed by atoms with E-state index in [0.29, 0.717) is 0 Å². The molecule has 0 aliphatic heterocycles. The topological polar surface area (TPSA) is 37.3 Å². The molecule has 0 amide bonds. The van der Waals surface area contributed by atoms with Gasteiger partial charge in [0, 0.05) is 12.5 Å². The van der Waals surface area contributed by atoms with Crippen LogP contribution in [0.15, 0.2) is 12.2 Å². The number of carbonyl (C=O) groups is 1. The Kier molecular flexibility index (Phi) is 7.07. The molecule has 0 aromatic carbocycles. The van der Waals surface area contributed by atoms with E-state index in [1.165, 1.54) is 6.08 Å². The first kappa shape index (κ1) is 10.8. The van der Waals surface area contributed by atoms with Gasteiger partial charge in [-0.2, -0.15) is 0 Å². The van der Waals surface area contributed by atoms with E-state index in [-0.39, 0.29) is 0 Å². The number of unbranched alkanes of at least 4 members (excludes halogenated alkanes) is 3. The molecule has 1 N–H and O–H groups in total. The van der Waals surface area contributed by atoms with Crippen LogP contribution >= 0.6 is 0 Å². The summed E-state index contributed by atoms with van der Waals surface area (Å²) in [6.07, 6.45) is 6.67. The largest absolute Gasteiger partial charge is 0.478 e. The lowest BCUT2D eigenvalue weighted by molar-refractivity contribution is -0.131. The second-order valence-electron chi connectivity index (χ2n) is 2.41. The average Bonchev–Trinajstić information content (AvgIpc) is 2.02. The number of rotatable bonds is 5. The van der Waals surface area contributed by atoms with E-state index in [2.05, 4.69) is 11.8 Å². The first-order valence-corrected chi connectivity index (χ1v) is 4.06. The molecule has 0 rings (SSSR count). The molecule has 0 radical (unpaired) electrons. The van der Waals surface area contributed by atoms with Crippen molar-refractivity contribution in [2.75, 3.05) is 0 Å². The Bertz CT molecular complexity index is 206. The Morgan fingerprint density at radius 1 is 1.50 bits per heavy atom. The quantitative estimate of drug-likeness (QED) is 0.386. The van der Waals surface area contributed by atoms with Crippen LogP contribution in [0, 0.1) is 11.8 Å². The smallest absolute Gasteiger partial charge is 0.327 e. The monoisotopic (exact) mass is 166 g/mol. The lowest BCUT2D eigenvalue weighted by Crippen LogP contribution is -1.85. The van der Waals surface area contributed by atoms with Crippen molar-refractivity contribution in [1.82, 2.24) is 0 Å². The molecule has 0 saturated heterocycles. The minimum absolute atomic E-state index is 0.831. The zero-order valence-electron chi connectivity index (χ0n) is 7.34. The van der Waals surface area contributed by atoms with Crippen molar-refractivity contribution in [1.29, 1.82) is 0 Å². The van der Waals surface area contributed by atoms with Crippen LogP contribution in [0.25, 0.3) is 0 Å². The molecule has 2 nitrogen and oxygen atoms in total. The summed E-state index contributed by atoms with van der Waals surface area (Å²) < 4.78 is 0. The second kappa shape index (κ2) is 7.87. The van der Waals surface area contributed by atoms with Crippen LogP contribution in [0.1, 0.15) is 32.6 Å². The summed E-state index contributed by atoms with van der Waals surface area (Å²) in [6, 6.07) is 0. The number of hydrogen-bond acceptors (Lipinski definition) is 1. The molecular weight excluding hydrogens is 152 g/mol. The molecule has 66 valence electrons. The summed E-state index contributed by atoms with van der Waals surface area (Å²) in [7, 11) is 0. The van der Waals surface area contributed by atoms with Gasteiger partial charge in [-0.15, -0.1) is 11.8 Å². The van der Waals surface area contributed by atoms with Crippen molar-refractivity contribution in [2.24, 2.45) is 0 Å². The highest BCUT2D eigenvalue weighted by Crippen LogP contribution is 1.99. The fourth-order valence-electron chi connectivity index (χ4n) is 0.785. The summed E-state index contributed by atoms with van der Waals surface area (Å²) in [5.41, 5.74) is 0. The van der Waals surface area contributed by atoms with Crippen molar-refractivity contribution in [2.45, 2.75) is 32.6 Å². The first-order chi connectivity index (χ1) is 5.77. The summed E-state index contributed by atoms with van der Waals surface area (Å²) in [5, 5.41) is 8.25. The van der Waals surface area contributed by atoms with Gasteiger partial charge in [-0.1, -0.05) is 6.08 Å². The Hall–Kier alpha value is -1.23. The molecule has 0 heterocycles. The molecule has 0 aliphatic rings. The lowest BCUT2D eigenvalue weighted by Gasteiger charge is -1.89. The molecule has 0 saturated carbocycles. The van der Waals surface area contributed by atoms with Gasteiger partial charge in [0.2, 0.25) is 0 Å². The van der Waals surface area contributed by atoms with Gasteiger partial charge in [0.15, 0.2) is 0 Å². The Morgan fingerprint density at radius 3 is 2.83 bits per heavy atom. The molecule has 0 unspecified atom stereocenters. The van der Waals surface area contributed by atoms with Crippen molar-refractivity contribution in [3.05, 3.63) is 12.2 Å². The van der Waals surface area contributed by atoms with Crippen LogP contribution < -0.4 is 0 Å². The van der Waals surface area contributed by atoms with Gasteiger partial charge in [0.25, 0.3) is 0 Å². The van der Waals surface area contributed by atoms with Gasteiger partial charge in [-0.05, 0) is 26.2 Å². The molecule has 0 aromatic heterocycles. The zero-order chi connectivity index (χ0) is 9.23. The van der Waals surface area contributed by atoms with Crippen molar-refractivity contribution in [3.8, 4) is 11.8 Å². The summed E-state index contributed by atoms with van der Waals surface area (Å²) in [4.78, 5) is 10.0. The SMILES string of the molecule is CC#CCCCC/C=C/C(=O)O. The van der Waals surface area contributed by atoms with E-state index in [0.717, 1.165) is 25.7 Å². The molecule has 0 atom stereocenters. The van der Waals surface area contributed by atoms with Crippen molar-refractivity contribution < 1.29 is 9.90 Å². The predicted octanol–water partition coefficient (Wildman–Crippen LogP) is 2.21. The summed E-state index contributed by atoms with van der Waals surface area (Å²) in [5.74, 6) is 4.90. The third-order valence-corrected chi connectivity index (χ3v) is 1.36. The maximum absolute atomic E-state index is 10.0. The Morgan fingerprint density at radius 2 is 2.25 bits per heavy atom. The van der Waals surface area contributed by atoms with Crippen molar-refractivity contribution >= 4 is 5.97 Å². The van der Waals surface area contributed by atoms with Gasteiger partial charge in [-0.25, -0.2) is 4.79 Å². The normalized spacial score (nSPS) is 9.42. The third-order valence-electron chi connectivity index (χ3n) is 1.36. The predicted molar refractivity (Wildman–Crippen MR) is 48.7 cm³/mol. The molecular formula is C10H14O2. The molecule has 0 fully saturated rings. The van der Waals surface area contributed by atoms with E-state index in [4.69, 9.17) is 5.11 Å². The summed E-state index contributed by atoms with van der Waals surface area (Å²) in [6.45, 7) is 1.82. The fourth-order valence-corrected chi connectivity index (χ4v) is 0.785. The second-order valence-corrected chi connectivity index (χ2v) is 2.41. The Labute approximate surface area is 73.3 Å². The number of hydrogen-bond donors (Lipinski definition) is 1. The van der Waals surface area contributed by atoms with Crippen LogP contribution in [-0.4, -0.2) is 11.1 Å². The lowest BCUT2D eigenvalue weighted by atomic mass is 10.2. The first-order valence-electron chi connectivity index (χ1n) is 4.06. The number of aliphatic carboxylic acids is 1. The molecule has 2 heteroatoms. The standard InChI is InChI=1S/C10H14O2/c1-2-3-4-5-6-7-8-9-10(11)12/h8-9H,4-7H2,1H3,(H,11,12)/b9-8+. The minimum Gasteiger partial charge on any atom is -0.478 e. The highest BCUT2D eigenvalue weighted by molar-refractivity contribution is 5.79. The molecule has 0 aromatic rings. The zero-order valence-corrected chi connectivity index (χ0v) is 7.34. The van der Waals surface area contributed by atoms with Gasteiger partial charge in [-0.3, -0.25) is 0 Å². The maximum atomic E-state index is 10.0. The molecule has 0 bridgehead atoms. The van der Waals surface area contributed by atoms with Crippen molar-refractivity contribution in [3.63, 3.8) is 0 Å². The minimum atomic E-state index is -0.872. The van der Waals surface area contributed by atoms with Crippen LogP contribution in [0.4, 0.5) is 0 Å². The summed E-state index contributed by atoms with van der Waals surface area (Å²) >= 11 is 0. The number of carboxylic acid groups (broad SMARTS) is 1. The van der Waals surface area contributed by atoms with E-state index >= 15 is 0 Å². The van der Waals surface area contributed by atoms with Crippen LogP contribution in [-0.2, 0) is 4.79 Å². The third kappa shape index (κ3) is 8.77. The van der Waals surface area contributed by atoms with Crippen LogP contribution in [0.2, 0.25) is 0 Å². The van der Waals surface area contributed by atoms with Gasteiger partial charge < -0.3 is 5.11 Å². The number of carboxylic acids is 1. The van der Waals surface area contributed by atoms with Crippen LogP contribution in [0.5, 0.6) is 0 Å². The molecule has 0 aliphatic carbocycles. The Balaban J connectivity index is 3.19. The van der Waals surface area contributed by atoms with Crippen LogP contribution in [0.3, 0.4) is 0 Å². The van der Waals surface area contributed by atoms with E-state index in [9.17, 15) is 4.79 Å².